The van der Waals surface area contributed by atoms with Gasteiger partial charge >= 0.3 is 0 Å². The molecule has 1 aromatic carbocycles. The molecule has 1 heterocycles. The summed E-state index contributed by atoms with van der Waals surface area (Å²) in [6, 6.07) is 10.4. The van der Waals surface area contributed by atoms with Crippen molar-refractivity contribution in [3.63, 3.8) is 0 Å². The van der Waals surface area contributed by atoms with Crippen molar-refractivity contribution in [1.82, 2.24) is 20.8 Å². The zero-order valence-corrected chi connectivity index (χ0v) is 22.4. The summed E-state index contributed by atoms with van der Waals surface area (Å²) >= 11 is 0. The van der Waals surface area contributed by atoms with E-state index < -0.39 is 12.1 Å². The van der Waals surface area contributed by atoms with Crippen LogP contribution in [0.5, 0.6) is 0 Å². The van der Waals surface area contributed by atoms with Crippen LogP contribution in [-0.4, -0.2) is 79.4 Å². The third-order valence-electron chi connectivity index (χ3n) is 6.37. The molecule has 0 radical (unpaired) electrons. The highest BCUT2D eigenvalue weighted by molar-refractivity contribution is 5.97. The Bertz CT molecular complexity index is 1040. The van der Waals surface area contributed by atoms with Crippen LogP contribution in [0.15, 0.2) is 49.6 Å². The monoisotopic (exact) mass is 508 g/mol. The average Bonchev–Trinajstić information content (AvgIpc) is 2.89. The van der Waals surface area contributed by atoms with Crippen LogP contribution < -0.4 is 21.7 Å². The normalized spacial score (nSPS) is 12.9. The van der Waals surface area contributed by atoms with Gasteiger partial charge in [0.2, 0.25) is 11.8 Å². The van der Waals surface area contributed by atoms with E-state index in [0.717, 1.165) is 29.6 Å². The van der Waals surface area contributed by atoms with Crippen LogP contribution in [0.4, 0.5) is 5.82 Å². The zero-order valence-electron chi connectivity index (χ0n) is 22.4. The number of hydrogen-bond acceptors (Lipinski definition) is 6. The van der Waals surface area contributed by atoms with Crippen molar-refractivity contribution in [1.29, 1.82) is 0 Å². The molecule has 2 atom stereocenters. The fourth-order valence-corrected chi connectivity index (χ4v) is 4.10. The Morgan fingerprint density at radius 2 is 1.76 bits per heavy atom. The molecule has 2 amide bonds. The number of nitrogens with two attached hydrogens (primary N) is 1. The van der Waals surface area contributed by atoms with Crippen LogP contribution in [0.25, 0.3) is 12.2 Å². The second kappa shape index (κ2) is 15.0. The van der Waals surface area contributed by atoms with Gasteiger partial charge in [0.05, 0.1) is 38.9 Å². The number of aryl methyl sites for hydroxylation is 1. The number of anilines is 1. The van der Waals surface area contributed by atoms with Crippen molar-refractivity contribution >= 4 is 29.8 Å². The lowest BCUT2D eigenvalue weighted by Gasteiger charge is -2.30. The SMILES string of the molecule is C=Cc1cc(NC(=O)[C@@H](CCc2ccccc2)NC(=O)C(CCC[N+](C)(C)CCN)NC)nnc1C=C. The van der Waals surface area contributed by atoms with E-state index in [9.17, 15) is 9.59 Å². The Balaban J connectivity index is 2.11. The Morgan fingerprint density at radius 3 is 2.38 bits per heavy atom. The summed E-state index contributed by atoms with van der Waals surface area (Å²) in [5.74, 6) is -0.273. The third kappa shape index (κ3) is 9.87. The fraction of sp³-hybridized carbons (Fsp3) is 0.429. The van der Waals surface area contributed by atoms with Crippen LogP contribution in [0.1, 0.15) is 36.1 Å². The molecule has 200 valence electrons. The maximum absolute atomic E-state index is 13.3. The van der Waals surface area contributed by atoms with Crippen LogP contribution in [0, 0.1) is 0 Å². The molecule has 0 saturated heterocycles. The molecule has 37 heavy (non-hydrogen) atoms. The number of aromatic nitrogens is 2. The molecule has 9 heteroatoms. The van der Waals surface area contributed by atoms with E-state index in [-0.39, 0.29) is 17.6 Å². The van der Waals surface area contributed by atoms with Gasteiger partial charge in [-0.3, -0.25) is 9.59 Å². The molecule has 1 unspecified atom stereocenters. The molecule has 2 aromatic rings. The number of hydrogen-bond donors (Lipinski definition) is 4. The smallest absolute Gasteiger partial charge is 0.248 e. The molecule has 2 rings (SSSR count). The standard InChI is InChI=1S/C28H41N7O2/c1-6-22-20-26(34-33-23(22)7-2)32-28(37)25(16-15-21-12-9-8-10-13-21)31-27(36)24(30-3)14-11-18-35(4,5)19-17-29/h6-10,12-13,20,24-25,30H,1-2,11,14-19,29H2,3-5H3,(H-,31,32,34,36,37)/p+1/t24?,25-/m1/s1. The molecule has 1 aromatic heterocycles. The second-order valence-corrected chi connectivity index (χ2v) is 9.71. The van der Waals surface area contributed by atoms with Crippen molar-refractivity contribution < 1.29 is 14.1 Å². The van der Waals surface area contributed by atoms with Gasteiger partial charge in [-0.15, -0.1) is 10.2 Å². The Kier molecular flexibility index (Phi) is 12.1. The lowest BCUT2D eigenvalue weighted by molar-refractivity contribution is -0.889. The number of likely N-dealkylation sites (N-methyl/N-ethyl adjacent to an activating group) is 2. The summed E-state index contributed by atoms with van der Waals surface area (Å²) in [5.41, 5.74) is 8.08. The molecule has 0 bridgehead atoms. The lowest BCUT2D eigenvalue weighted by atomic mass is 10.0. The van der Waals surface area contributed by atoms with Crippen molar-refractivity contribution in [3.8, 4) is 0 Å². The number of nitrogens with one attached hydrogen (secondary N) is 3. The van der Waals surface area contributed by atoms with Gasteiger partial charge in [0.1, 0.15) is 6.04 Å². The zero-order chi connectivity index (χ0) is 27.3. The van der Waals surface area contributed by atoms with Crippen molar-refractivity contribution in [2.75, 3.05) is 46.1 Å². The quantitative estimate of drug-likeness (QED) is 0.258. The van der Waals surface area contributed by atoms with E-state index in [1.165, 1.54) is 0 Å². The largest absolute Gasteiger partial charge is 0.343 e. The van der Waals surface area contributed by atoms with Gasteiger partial charge in [-0.1, -0.05) is 49.6 Å². The molecule has 0 spiro atoms. The summed E-state index contributed by atoms with van der Waals surface area (Å²) in [5, 5.41) is 17.0. The van der Waals surface area contributed by atoms with E-state index in [1.807, 2.05) is 30.3 Å². The van der Waals surface area contributed by atoms with Gasteiger partial charge in [0.15, 0.2) is 5.82 Å². The van der Waals surface area contributed by atoms with E-state index in [0.29, 0.717) is 37.1 Å². The number of rotatable bonds is 16. The van der Waals surface area contributed by atoms with Crippen LogP contribution in [-0.2, 0) is 16.0 Å². The fourth-order valence-electron chi connectivity index (χ4n) is 4.10. The summed E-state index contributed by atoms with van der Waals surface area (Å²) in [6.07, 6.45) is 5.77. The molecule has 9 nitrogen and oxygen atoms in total. The lowest BCUT2D eigenvalue weighted by Crippen LogP contribution is -2.51. The Labute approximate surface area is 220 Å². The van der Waals surface area contributed by atoms with Crippen molar-refractivity contribution in [3.05, 3.63) is 66.4 Å². The number of amides is 2. The van der Waals surface area contributed by atoms with Crippen LogP contribution in [0.3, 0.4) is 0 Å². The average molecular weight is 509 g/mol. The number of carbonyl (C=O) groups excluding carboxylic acids is 2. The van der Waals surface area contributed by atoms with Gasteiger partial charge in [-0.25, -0.2) is 0 Å². The number of benzene rings is 1. The van der Waals surface area contributed by atoms with Gasteiger partial charge in [-0.05, 0) is 50.4 Å². The predicted molar refractivity (Wildman–Crippen MR) is 151 cm³/mol. The maximum Gasteiger partial charge on any atom is 0.248 e. The minimum atomic E-state index is -0.749. The molecule has 0 aliphatic carbocycles. The molecule has 0 aliphatic rings. The molecule has 0 aliphatic heterocycles. The van der Waals surface area contributed by atoms with E-state index >= 15 is 0 Å². The van der Waals surface area contributed by atoms with Gasteiger partial charge in [0, 0.05) is 12.1 Å². The molecule has 0 saturated carbocycles. The third-order valence-corrected chi connectivity index (χ3v) is 6.37. The molecular formula is C28H42N7O2+. The highest BCUT2D eigenvalue weighted by Crippen LogP contribution is 2.14. The number of nitrogens with zero attached hydrogens (tertiary/aromatic N) is 3. The highest BCUT2D eigenvalue weighted by Gasteiger charge is 2.26. The van der Waals surface area contributed by atoms with Gasteiger partial charge in [-0.2, -0.15) is 0 Å². The molecule has 0 fully saturated rings. The first-order valence-electron chi connectivity index (χ1n) is 12.7. The first-order valence-corrected chi connectivity index (χ1v) is 12.7. The van der Waals surface area contributed by atoms with Crippen LogP contribution >= 0.6 is 0 Å². The minimum Gasteiger partial charge on any atom is -0.343 e. The second-order valence-electron chi connectivity index (χ2n) is 9.71. The summed E-state index contributed by atoms with van der Waals surface area (Å²) in [6.45, 7) is 9.90. The highest BCUT2D eigenvalue weighted by atomic mass is 16.2. The van der Waals surface area contributed by atoms with E-state index in [1.54, 1.807) is 25.3 Å². The predicted octanol–water partition coefficient (Wildman–Crippen LogP) is 2.22. The Morgan fingerprint density at radius 1 is 1.03 bits per heavy atom. The van der Waals surface area contributed by atoms with Crippen molar-refractivity contribution in [2.24, 2.45) is 5.73 Å². The topological polar surface area (TPSA) is 122 Å². The first-order chi connectivity index (χ1) is 17.7. The molecular weight excluding hydrogens is 466 g/mol. The summed E-state index contributed by atoms with van der Waals surface area (Å²) in [4.78, 5) is 26.5. The summed E-state index contributed by atoms with van der Waals surface area (Å²) in [7, 11) is 6.03. The summed E-state index contributed by atoms with van der Waals surface area (Å²) < 4.78 is 0.801. The molecule has 5 N–H and O–H groups in total. The van der Waals surface area contributed by atoms with E-state index in [4.69, 9.17) is 5.73 Å². The van der Waals surface area contributed by atoms with E-state index in [2.05, 4.69) is 53.4 Å². The number of carbonyl (C=O) groups is 2. The van der Waals surface area contributed by atoms with Crippen LogP contribution in [0.2, 0.25) is 0 Å². The maximum atomic E-state index is 13.3. The Hall–Kier alpha value is -3.40. The van der Waals surface area contributed by atoms with Crippen molar-refractivity contribution in [2.45, 2.75) is 37.8 Å². The van der Waals surface area contributed by atoms with Gasteiger partial charge in [0.25, 0.3) is 0 Å². The number of quaternary nitrogens is 1. The minimum absolute atomic E-state index is 0.209. The van der Waals surface area contributed by atoms with Gasteiger partial charge < -0.3 is 26.2 Å². The first kappa shape index (κ1) is 29.8.